The van der Waals surface area contributed by atoms with Gasteiger partial charge in [-0.2, -0.15) is 0 Å². The van der Waals surface area contributed by atoms with E-state index in [4.69, 9.17) is 4.74 Å². The molecular formula is C29H34N2O4. The van der Waals surface area contributed by atoms with E-state index in [-0.39, 0.29) is 43.2 Å². The zero-order chi connectivity index (χ0) is 24.4. The van der Waals surface area contributed by atoms with Gasteiger partial charge in [0.05, 0.1) is 18.1 Å². The van der Waals surface area contributed by atoms with Crippen molar-refractivity contribution in [1.29, 1.82) is 0 Å². The molecule has 6 heteroatoms. The smallest absolute Gasteiger partial charge is 0.241 e. The maximum Gasteiger partial charge on any atom is 0.241 e. The van der Waals surface area contributed by atoms with Crippen molar-refractivity contribution in [1.82, 2.24) is 9.80 Å². The Hall–Kier alpha value is -2.99. The van der Waals surface area contributed by atoms with E-state index < -0.39 is 5.41 Å². The van der Waals surface area contributed by atoms with Gasteiger partial charge in [0, 0.05) is 32.5 Å². The Bertz CT molecular complexity index is 1090. The Morgan fingerprint density at radius 3 is 2.46 bits per heavy atom. The van der Waals surface area contributed by atoms with Crippen LogP contribution in [0.4, 0.5) is 0 Å². The highest BCUT2D eigenvalue weighted by Gasteiger charge is 2.54. The molecule has 0 bridgehead atoms. The van der Waals surface area contributed by atoms with Crippen molar-refractivity contribution in [3.63, 3.8) is 0 Å². The summed E-state index contributed by atoms with van der Waals surface area (Å²) in [5.41, 5.74) is 1.43. The molecule has 2 atom stereocenters. The predicted molar refractivity (Wildman–Crippen MR) is 132 cm³/mol. The number of rotatable bonds is 9. The van der Waals surface area contributed by atoms with Gasteiger partial charge in [-0.25, -0.2) is 0 Å². The fraction of sp³-hybridized carbons (Fsp3) is 0.483. The lowest BCUT2D eigenvalue weighted by Crippen LogP contribution is -2.46. The number of carbonyl (C=O) groups is 3. The molecule has 6 nitrogen and oxygen atoms in total. The van der Waals surface area contributed by atoms with Crippen LogP contribution in [-0.2, 0) is 31.1 Å². The van der Waals surface area contributed by atoms with E-state index in [9.17, 15) is 14.4 Å². The zero-order valence-electron chi connectivity index (χ0n) is 20.4. The van der Waals surface area contributed by atoms with Crippen LogP contribution in [0.2, 0.25) is 0 Å². The molecule has 2 saturated heterocycles. The fourth-order valence-corrected chi connectivity index (χ4v) is 5.57. The van der Waals surface area contributed by atoms with Crippen LogP contribution in [0, 0.1) is 12.8 Å². The van der Waals surface area contributed by atoms with Crippen LogP contribution in [0.5, 0.6) is 0 Å². The maximum atomic E-state index is 14.0. The van der Waals surface area contributed by atoms with Gasteiger partial charge < -0.3 is 9.64 Å². The Balaban J connectivity index is 1.45. The van der Waals surface area contributed by atoms with Crippen LogP contribution in [-0.4, -0.2) is 53.3 Å². The number of likely N-dealkylation sites (tertiary alicyclic amines) is 1. The molecule has 1 aliphatic carbocycles. The molecule has 0 N–H and O–H groups in total. The largest absolute Gasteiger partial charge is 0.376 e. The minimum atomic E-state index is -1.17. The number of carbonyl (C=O) groups excluding carboxylic acids is 3. The molecule has 3 fully saturated rings. The molecule has 1 saturated carbocycles. The summed E-state index contributed by atoms with van der Waals surface area (Å²) < 4.78 is 5.83. The van der Waals surface area contributed by atoms with Crippen molar-refractivity contribution in [3.8, 4) is 0 Å². The number of hydrogen-bond donors (Lipinski definition) is 0. The Labute approximate surface area is 207 Å². The average Bonchev–Trinajstić information content (AvgIpc) is 3.47. The molecule has 2 aromatic rings. The van der Waals surface area contributed by atoms with E-state index in [1.54, 1.807) is 0 Å². The van der Waals surface area contributed by atoms with Crippen LogP contribution >= 0.6 is 0 Å². The minimum Gasteiger partial charge on any atom is -0.376 e. The number of amides is 3. The van der Waals surface area contributed by atoms with Crippen LogP contribution in [0.25, 0.3) is 0 Å². The van der Waals surface area contributed by atoms with Crippen molar-refractivity contribution in [2.24, 2.45) is 5.92 Å². The summed E-state index contributed by atoms with van der Waals surface area (Å²) in [5.74, 6) is -0.0103. The molecular weight excluding hydrogens is 440 g/mol. The normalized spacial score (nSPS) is 24.3. The number of nitrogens with zero attached hydrogens (tertiary/aromatic N) is 2. The van der Waals surface area contributed by atoms with Gasteiger partial charge in [-0.05, 0) is 55.2 Å². The molecule has 3 amide bonds. The lowest BCUT2D eigenvalue weighted by atomic mass is 9.74. The van der Waals surface area contributed by atoms with E-state index in [1.807, 2.05) is 66.4 Å². The summed E-state index contributed by atoms with van der Waals surface area (Å²) in [6, 6.07) is 17.2. The van der Waals surface area contributed by atoms with Gasteiger partial charge in [-0.1, -0.05) is 54.6 Å². The van der Waals surface area contributed by atoms with Crippen LogP contribution < -0.4 is 0 Å². The number of benzene rings is 2. The van der Waals surface area contributed by atoms with Gasteiger partial charge >= 0.3 is 0 Å². The van der Waals surface area contributed by atoms with Crippen molar-refractivity contribution in [2.45, 2.75) is 63.5 Å². The molecule has 2 aromatic carbocycles. The Kier molecular flexibility index (Phi) is 6.74. The predicted octanol–water partition coefficient (Wildman–Crippen LogP) is 4.00. The zero-order valence-corrected chi connectivity index (χ0v) is 20.4. The molecule has 35 heavy (non-hydrogen) atoms. The van der Waals surface area contributed by atoms with Gasteiger partial charge in [-0.15, -0.1) is 0 Å². The Morgan fingerprint density at radius 1 is 1.03 bits per heavy atom. The molecule has 0 radical (unpaired) electrons. The van der Waals surface area contributed by atoms with E-state index >= 15 is 0 Å². The molecule has 184 valence electrons. The van der Waals surface area contributed by atoms with Crippen molar-refractivity contribution < 1.29 is 19.1 Å². The summed E-state index contributed by atoms with van der Waals surface area (Å²) in [5, 5.41) is 0. The van der Waals surface area contributed by atoms with E-state index in [0.29, 0.717) is 19.0 Å². The first-order valence-electron chi connectivity index (χ1n) is 12.8. The minimum absolute atomic E-state index is 0.00710. The molecule has 2 aliphatic heterocycles. The van der Waals surface area contributed by atoms with Gasteiger partial charge in [0.1, 0.15) is 0 Å². The van der Waals surface area contributed by atoms with E-state index in [0.717, 1.165) is 49.0 Å². The molecule has 5 rings (SSSR count). The highest BCUT2D eigenvalue weighted by atomic mass is 16.5. The highest BCUT2D eigenvalue weighted by molar-refractivity contribution is 6.10. The first-order chi connectivity index (χ1) is 17.0. The van der Waals surface area contributed by atoms with Gasteiger partial charge in [-0.3, -0.25) is 19.3 Å². The van der Waals surface area contributed by atoms with Gasteiger partial charge in [0.15, 0.2) is 0 Å². The Morgan fingerprint density at radius 2 is 1.77 bits per heavy atom. The monoisotopic (exact) mass is 474 g/mol. The van der Waals surface area contributed by atoms with Crippen LogP contribution in [0.15, 0.2) is 54.6 Å². The summed E-state index contributed by atoms with van der Waals surface area (Å²) in [4.78, 5) is 44.4. The summed E-state index contributed by atoms with van der Waals surface area (Å²) in [6.45, 7) is 4.19. The SMILES string of the molecule is Cc1ccccc1[C@]1(CC(=O)N(CC2CC2)C[C@H]2CCCO2)CC(=O)N(Cc2ccccc2)C1=O. The lowest BCUT2D eigenvalue weighted by molar-refractivity contribution is -0.143. The third kappa shape index (κ3) is 5.03. The second-order valence-corrected chi connectivity index (χ2v) is 10.4. The first kappa shape index (κ1) is 23.7. The number of aryl methyl sites for hydroxylation is 1. The topological polar surface area (TPSA) is 66.9 Å². The van der Waals surface area contributed by atoms with Crippen LogP contribution in [0.1, 0.15) is 55.2 Å². The lowest BCUT2D eigenvalue weighted by Gasteiger charge is -2.32. The third-order valence-electron chi connectivity index (χ3n) is 7.68. The molecule has 2 heterocycles. The van der Waals surface area contributed by atoms with E-state index in [1.165, 1.54) is 4.90 Å². The van der Waals surface area contributed by atoms with Crippen molar-refractivity contribution in [2.75, 3.05) is 19.7 Å². The quantitative estimate of drug-likeness (QED) is 0.516. The van der Waals surface area contributed by atoms with Crippen LogP contribution in [0.3, 0.4) is 0 Å². The molecule has 0 aromatic heterocycles. The van der Waals surface area contributed by atoms with E-state index in [2.05, 4.69) is 0 Å². The fourth-order valence-electron chi connectivity index (χ4n) is 5.57. The number of hydrogen-bond acceptors (Lipinski definition) is 4. The number of imide groups is 1. The maximum absolute atomic E-state index is 14.0. The standard InChI is InChI=1S/C29H34N2O4/c1-21-8-5-6-12-25(21)29(17-27(33)31(28(29)34)19-22-9-3-2-4-10-22)16-26(32)30(18-23-13-14-23)20-24-11-7-15-35-24/h2-6,8-10,12,23-24H,7,11,13-20H2,1H3/t24-,29+/m1/s1. The van der Waals surface area contributed by atoms with Gasteiger partial charge in [0.2, 0.25) is 17.7 Å². The molecule has 3 aliphatic rings. The second kappa shape index (κ2) is 9.94. The van der Waals surface area contributed by atoms with Gasteiger partial charge in [0.25, 0.3) is 0 Å². The first-order valence-corrected chi connectivity index (χ1v) is 12.8. The summed E-state index contributed by atoms with van der Waals surface area (Å²) in [7, 11) is 0. The van der Waals surface area contributed by atoms with Crippen molar-refractivity contribution >= 4 is 17.7 Å². The number of ether oxygens (including phenoxy) is 1. The third-order valence-corrected chi connectivity index (χ3v) is 7.68. The highest BCUT2D eigenvalue weighted by Crippen LogP contribution is 2.42. The second-order valence-electron chi connectivity index (χ2n) is 10.4. The van der Waals surface area contributed by atoms with Crippen molar-refractivity contribution in [3.05, 3.63) is 71.3 Å². The summed E-state index contributed by atoms with van der Waals surface area (Å²) >= 11 is 0. The molecule has 0 spiro atoms. The molecule has 0 unspecified atom stereocenters. The summed E-state index contributed by atoms with van der Waals surface area (Å²) in [6.07, 6.45) is 4.34. The average molecular weight is 475 g/mol.